The Morgan fingerprint density at radius 1 is 1.14 bits per heavy atom. The van der Waals surface area contributed by atoms with Gasteiger partial charge in [0.05, 0.1) is 12.1 Å². The van der Waals surface area contributed by atoms with Crippen LogP contribution in [-0.2, 0) is 0 Å². The lowest BCUT2D eigenvalue weighted by Gasteiger charge is -2.45. The van der Waals surface area contributed by atoms with Crippen LogP contribution in [0.3, 0.4) is 0 Å². The zero-order valence-corrected chi connectivity index (χ0v) is 13.5. The maximum Gasteiger partial charge on any atom is 0.124 e. The third kappa shape index (κ3) is 2.82. The largest absolute Gasteiger partial charge is 0.492 e. The van der Waals surface area contributed by atoms with Crippen molar-refractivity contribution in [2.45, 2.75) is 50.7 Å². The summed E-state index contributed by atoms with van der Waals surface area (Å²) in [6.07, 6.45) is 5.45. The molecular weight excluding hydrogens is 260 g/mol. The molecule has 0 aromatic heterocycles. The fourth-order valence-electron chi connectivity index (χ4n) is 4.20. The van der Waals surface area contributed by atoms with E-state index in [1.807, 2.05) is 0 Å². The zero-order chi connectivity index (χ0) is 14.8. The van der Waals surface area contributed by atoms with Crippen molar-refractivity contribution in [1.29, 1.82) is 0 Å². The molecule has 0 spiro atoms. The molecule has 0 saturated heterocycles. The Kier molecular flexibility index (Phi) is 4.51. The molecule has 1 saturated carbocycles. The first-order chi connectivity index (χ1) is 10.2. The van der Waals surface area contributed by atoms with E-state index in [2.05, 4.69) is 55.5 Å². The predicted molar refractivity (Wildman–Crippen MR) is 86.7 cm³/mol. The fraction of sp³-hybridized carbons (Fsp3) is 0.667. The smallest absolute Gasteiger partial charge is 0.124 e. The second kappa shape index (κ2) is 6.37. The number of fused-ring (bicyclic) bond motifs is 1. The lowest BCUT2D eigenvalue weighted by molar-refractivity contribution is 0.0398. The van der Waals surface area contributed by atoms with Gasteiger partial charge in [-0.1, -0.05) is 38.0 Å². The number of hydrogen-bond donors (Lipinski definition) is 1. The Labute approximate surface area is 128 Å². The molecule has 4 atom stereocenters. The monoisotopic (exact) mass is 288 g/mol. The summed E-state index contributed by atoms with van der Waals surface area (Å²) in [6.45, 7) is 3.19. The van der Waals surface area contributed by atoms with Crippen molar-refractivity contribution in [2.24, 2.45) is 5.92 Å². The van der Waals surface area contributed by atoms with Crippen LogP contribution < -0.4 is 10.1 Å². The van der Waals surface area contributed by atoms with Gasteiger partial charge in [-0.25, -0.2) is 0 Å². The van der Waals surface area contributed by atoms with E-state index in [0.717, 1.165) is 18.3 Å². The third-order valence-electron chi connectivity index (χ3n) is 5.47. The number of rotatable bonds is 3. The van der Waals surface area contributed by atoms with Gasteiger partial charge in [0, 0.05) is 11.6 Å². The number of benzene rings is 1. The zero-order valence-electron chi connectivity index (χ0n) is 13.5. The Bertz CT molecular complexity index is 476. The molecule has 1 aromatic rings. The first-order valence-corrected chi connectivity index (χ1v) is 8.33. The van der Waals surface area contributed by atoms with E-state index in [-0.39, 0.29) is 0 Å². The molecule has 1 N–H and O–H groups in total. The average molecular weight is 288 g/mol. The van der Waals surface area contributed by atoms with E-state index in [1.165, 1.54) is 31.2 Å². The Balaban J connectivity index is 1.81. The van der Waals surface area contributed by atoms with Crippen LogP contribution in [0.25, 0.3) is 0 Å². The van der Waals surface area contributed by atoms with Gasteiger partial charge in [-0.05, 0) is 38.9 Å². The van der Waals surface area contributed by atoms with Crippen molar-refractivity contribution in [3.63, 3.8) is 0 Å². The van der Waals surface area contributed by atoms with E-state index in [1.54, 1.807) is 0 Å². The standard InChI is InChI=1S/C18H28N2O/c1-13-8-4-6-10-15(13)20(3)16-12-21-17-11-7-5-9-14(17)18(16)19-2/h5,7,9,11,13,15-16,18-19H,4,6,8,10,12H2,1-3H3. The topological polar surface area (TPSA) is 24.5 Å². The van der Waals surface area contributed by atoms with Gasteiger partial charge in [0.25, 0.3) is 0 Å². The van der Waals surface area contributed by atoms with Gasteiger partial charge < -0.3 is 10.1 Å². The lowest BCUT2D eigenvalue weighted by atomic mass is 9.83. The summed E-state index contributed by atoms with van der Waals surface area (Å²) >= 11 is 0. The molecular formula is C18H28N2O. The minimum Gasteiger partial charge on any atom is -0.492 e. The molecule has 1 aromatic carbocycles. The molecule has 1 fully saturated rings. The summed E-state index contributed by atoms with van der Waals surface area (Å²) in [4.78, 5) is 2.58. The second-order valence-electron chi connectivity index (χ2n) is 6.68. The summed E-state index contributed by atoms with van der Waals surface area (Å²) in [5.74, 6) is 1.83. The number of para-hydroxylation sites is 1. The maximum absolute atomic E-state index is 6.03. The molecule has 21 heavy (non-hydrogen) atoms. The highest BCUT2D eigenvalue weighted by molar-refractivity contribution is 5.38. The molecule has 3 heteroatoms. The normalized spacial score (nSPS) is 32.6. The Morgan fingerprint density at radius 2 is 1.90 bits per heavy atom. The van der Waals surface area contributed by atoms with E-state index < -0.39 is 0 Å². The summed E-state index contributed by atoms with van der Waals surface area (Å²) in [5.41, 5.74) is 1.30. The maximum atomic E-state index is 6.03. The molecule has 2 aliphatic rings. The number of nitrogens with one attached hydrogen (secondary N) is 1. The molecule has 0 bridgehead atoms. The molecule has 3 rings (SSSR count). The molecule has 116 valence electrons. The first kappa shape index (κ1) is 14.9. The van der Waals surface area contributed by atoms with Crippen LogP contribution in [0.15, 0.2) is 24.3 Å². The SMILES string of the molecule is CNC1c2ccccc2OCC1N(C)C1CCCCC1C. The highest BCUT2D eigenvalue weighted by Crippen LogP contribution is 2.36. The van der Waals surface area contributed by atoms with Crippen LogP contribution in [-0.4, -0.2) is 37.7 Å². The number of ether oxygens (including phenoxy) is 1. The van der Waals surface area contributed by atoms with Gasteiger partial charge in [-0.2, -0.15) is 0 Å². The molecule has 1 heterocycles. The van der Waals surface area contributed by atoms with Gasteiger partial charge in [-0.3, -0.25) is 4.90 Å². The quantitative estimate of drug-likeness (QED) is 0.924. The van der Waals surface area contributed by atoms with E-state index >= 15 is 0 Å². The highest BCUT2D eigenvalue weighted by atomic mass is 16.5. The van der Waals surface area contributed by atoms with Crippen LogP contribution in [0.1, 0.15) is 44.2 Å². The minimum atomic E-state index is 0.356. The first-order valence-electron chi connectivity index (χ1n) is 8.33. The fourth-order valence-corrected chi connectivity index (χ4v) is 4.20. The number of nitrogens with zero attached hydrogens (tertiary/aromatic N) is 1. The third-order valence-corrected chi connectivity index (χ3v) is 5.47. The summed E-state index contributed by atoms with van der Waals surface area (Å²) < 4.78 is 6.03. The van der Waals surface area contributed by atoms with Crippen molar-refractivity contribution in [3.05, 3.63) is 29.8 Å². The van der Waals surface area contributed by atoms with Crippen molar-refractivity contribution in [1.82, 2.24) is 10.2 Å². The van der Waals surface area contributed by atoms with Gasteiger partial charge in [0.15, 0.2) is 0 Å². The van der Waals surface area contributed by atoms with E-state index in [9.17, 15) is 0 Å². The molecule has 0 amide bonds. The van der Waals surface area contributed by atoms with Crippen LogP contribution in [0, 0.1) is 5.92 Å². The van der Waals surface area contributed by atoms with E-state index in [0.29, 0.717) is 18.1 Å². The van der Waals surface area contributed by atoms with Crippen molar-refractivity contribution >= 4 is 0 Å². The van der Waals surface area contributed by atoms with Gasteiger partial charge in [-0.15, -0.1) is 0 Å². The van der Waals surface area contributed by atoms with E-state index in [4.69, 9.17) is 4.74 Å². The van der Waals surface area contributed by atoms with Crippen LogP contribution in [0.2, 0.25) is 0 Å². The van der Waals surface area contributed by atoms with Crippen molar-refractivity contribution in [2.75, 3.05) is 20.7 Å². The molecule has 1 aliphatic carbocycles. The summed E-state index contributed by atoms with van der Waals surface area (Å²) in [6, 6.07) is 9.90. The summed E-state index contributed by atoms with van der Waals surface area (Å²) in [7, 11) is 4.36. The highest BCUT2D eigenvalue weighted by Gasteiger charge is 2.37. The van der Waals surface area contributed by atoms with Crippen LogP contribution >= 0.6 is 0 Å². The lowest BCUT2D eigenvalue weighted by Crippen LogP contribution is -2.53. The van der Waals surface area contributed by atoms with Gasteiger partial charge in [0.2, 0.25) is 0 Å². The minimum absolute atomic E-state index is 0.356. The predicted octanol–water partition coefficient (Wildman–Crippen LogP) is 3.22. The van der Waals surface area contributed by atoms with Crippen LogP contribution in [0.4, 0.5) is 0 Å². The van der Waals surface area contributed by atoms with Crippen molar-refractivity contribution < 1.29 is 4.74 Å². The summed E-state index contributed by atoms with van der Waals surface area (Å²) in [5, 5.41) is 3.52. The number of hydrogen-bond acceptors (Lipinski definition) is 3. The molecule has 3 nitrogen and oxygen atoms in total. The Hall–Kier alpha value is -1.06. The Morgan fingerprint density at radius 3 is 2.67 bits per heavy atom. The van der Waals surface area contributed by atoms with Crippen LogP contribution in [0.5, 0.6) is 5.75 Å². The van der Waals surface area contributed by atoms with Crippen molar-refractivity contribution in [3.8, 4) is 5.75 Å². The second-order valence-corrected chi connectivity index (χ2v) is 6.68. The van der Waals surface area contributed by atoms with Gasteiger partial charge >= 0.3 is 0 Å². The molecule has 1 aliphatic heterocycles. The van der Waals surface area contributed by atoms with Gasteiger partial charge in [0.1, 0.15) is 12.4 Å². The molecule has 0 radical (unpaired) electrons. The molecule has 4 unspecified atom stereocenters. The number of likely N-dealkylation sites (N-methyl/N-ethyl adjacent to an activating group) is 2. The average Bonchev–Trinajstić information content (AvgIpc) is 2.53.